The Kier molecular flexibility index (Phi) is 8.95. The molecule has 1 aliphatic rings. The highest BCUT2D eigenvalue weighted by atomic mass is 35.5. The number of amides is 1. The fourth-order valence-electron chi connectivity index (χ4n) is 3.89. The van der Waals surface area contributed by atoms with Crippen molar-refractivity contribution in [2.45, 2.75) is 25.8 Å². The number of carbonyl (C=O) groups excluding carboxylic acids is 2. The van der Waals surface area contributed by atoms with E-state index in [-0.39, 0.29) is 23.9 Å². The summed E-state index contributed by atoms with van der Waals surface area (Å²) in [6.45, 7) is 9.46. The number of methoxy groups -OCH3 is 2. The maximum atomic E-state index is 13.2. The standard InChI is InChI=1S/C22H20Cl2N4O4.C3H6O/c1-11(22(30)31-3)8-14-10-32-27-19(14)20-18-12(2)28(7-6-17(18)25-26-20)21(29)13-4-5-15(23)16(24)9-13;1-3-4-2/h4-5,9-10,12H,1,6-8H2,2-3H3,(H,25,26);3H,1H2,2H3. The largest absolute Gasteiger partial charge is 0.505 e. The van der Waals surface area contributed by atoms with Crippen LogP contribution >= 0.6 is 23.2 Å². The molecule has 2 aromatic heterocycles. The number of esters is 1. The minimum absolute atomic E-state index is 0.159. The zero-order chi connectivity index (χ0) is 26.4. The van der Waals surface area contributed by atoms with Crippen LogP contribution in [0.3, 0.4) is 0 Å². The van der Waals surface area contributed by atoms with Gasteiger partial charge in [0.05, 0.1) is 36.6 Å². The lowest BCUT2D eigenvalue weighted by Crippen LogP contribution is -2.38. The summed E-state index contributed by atoms with van der Waals surface area (Å²) in [7, 11) is 2.86. The Morgan fingerprint density at radius 1 is 1.28 bits per heavy atom. The van der Waals surface area contributed by atoms with Crippen LogP contribution in [0, 0.1) is 0 Å². The number of H-pyrrole nitrogens is 1. The van der Waals surface area contributed by atoms with Crippen molar-refractivity contribution in [1.82, 2.24) is 20.3 Å². The number of nitrogens with zero attached hydrogens (tertiary/aromatic N) is 3. The second-order valence-electron chi connectivity index (χ2n) is 7.88. The molecule has 0 aliphatic carbocycles. The normalized spacial score (nSPS) is 14.2. The number of fused-ring (bicyclic) bond motifs is 1. The van der Waals surface area contributed by atoms with Gasteiger partial charge in [0.25, 0.3) is 5.91 Å². The quantitative estimate of drug-likeness (QED) is 0.264. The SMILES string of the molecule is C=C(Cc1conc1-c1n[nH]c2c1C(C)N(C(=O)c1ccc(Cl)c(Cl)c1)CC2)C(=O)OC.C=COC. The summed E-state index contributed by atoms with van der Waals surface area (Å²) < 4.78 is 14.2. The van der Waals surface area contributed by atoms with Crippen LogP contribution in [0.5, 0.6) is 0 Å². The fraction of sp³-hybridized carbons (Fsp3) is 0.280. The summed E-state index contributed by atoms with van der Waals surface area (Å²) in [5.74, 6) is -0.665. The third-order valence-corrected chi connectivity index (χ3v) is 6.45. The first-order chi connectivity index (χ1) is 17.2. The van der Waals surface area contributed by atoms with Crippen molar-refractivity contribution in [3.05, 3.63) is 81.9 Å². The zero-order valence-electron chi connectivity index (χ0n) is 20.1. The predicted molar refractivity (Wildman–Crippen MR) is 136 cm³/mol. The van der Waals surface area contributed by atoms with E-state index in [1.54, 1.807) is 30.2 Å². The van der Waals surface area contributed by atoms with Gasteiger partial charge in [0.2, 0.25) is 0 Å². The van der Waals surface area contributed by atoms with Gasteiger partial charge in [-0.3, -0.25) is 9.89 Å². The molecule has 3 heterocycles. The van der Waals surface area contributed by atoms with Gasteiger partial charge < -0.3 is 18.9 Å². The topological polar surface area (TPSA) is 111 Å². The van der Waals surface area contributed by atoms with E-state index >= 15 is 0 Å². The first-order valence-corrected chi connectivity index (χ1v) is 11.7. The van der Waals surface area contributed by atoms with Gasteiger partial charge in [-0.2, -0.15) is 5.10 Å². The Bertz CT molecular complexity index is 1280. The van der Waals surface area contributed by atoms with E-state index in [4.69, 9.17) is 32.5 Å². The van der Waals surface area contributed by atoms with Crippen molar-refractivity contribution in [3.63, 3.8) is 0 Å². The number of hydrogen-bond acceptors (Lipinski definition) is 7. The highest BCUT2D eigenvalue weighted by Crippen LogP contribution is 2.37. The lowest BCUT2D eigenvalue weighted by atomic mass is 9.94. The van der Waals surface area contributed by atoms with E-state index in [9.17, 15) is 9.59 Å². The number of rotatable bonds is 6. The van der Waals surface area contributed by atoms with E-state index in [0.29, 0.717) is 45.5 Å². The third kappa shape index (κ3) is 5.63. The number of carbonyl (C=O) groups is 2. The molecule has 0 bridgehead atoms. The minimum atomic E-state index is -0.507. The van der Waals surface area contributed by atoms with Crippen LogP contribution in [0.25, 0.3) is 11.4 Å². The molecule has 1 aromatic carbocycles. The number of ether oxygens (including phenoxy) is 2. The number of halogens is 2. The van der Waals surface area contributed by atoms with Crippen LogP contribution < -0.4 is 0 Å². The summed E-state index contributed by atoms with van der Waals surface area (Å²) in [5, 5.41) is 12.3. The van der Waals surface area contributed by atoms with Gasteiger partial charge in [0.1, 0.15) is 17.7 Å². The Morgan fingerprint density at radius 3 is 2.64 bits per heavy atom. The molecule has 0 spiro atoms. The molecule has 36 heavy (non-hydrogen) atoms. The van der Waals surface area contributed by atoms with Crippen LogP contribution in [0.1, 0.15) is 40.1 Å². The molecule has 0 saturated heterocycles. The summed E-state index contributed by atoms with van der Waals surface area (Å²) in [6, 6.07) is 4.54. The number of hydrogen-bond donors (Lipinski definition) is 1. The predicted octanol–water partition coefficient (Wildman–Crippen LogP) is 5.18. The number of aromatic amines is 1. The van der Waals surface area contributed by atoms with Crippen molar-refractivity contribution in [2.75, 3.05) is 20.8 Å². The summed E-state index contributed by atoms with van der Waals surface area (Å²) in [6.07, 6.45) is 3.63. The molecule has 0 saturated carbocycles. The van der Waals surface area contributed by atoms with Crippen LogP contribution in [-0.4, -0.2) is 52.9 Å². The highest BCUT2D eigenvalue weighted by Gasteiger charge is 2.34. The third-order valence-electron chi connectivity index (χ3n) is 5.71. The Hall–Kier alpha value is -3.56. The van der Waals surface area contributed by atoms with Gasteiger partial charge in [-0.25, -0.2) is 4.79 Å². The molecule has 190 valence electrons. The molecule has 3 aromatic rings. The maximum Gasteiger partial charge on any atom is 0.333 e. The summed E-state index contributed by atoms with van der Waals surface area (Å²) >= 11 is 12.1. The summed E-state index contributed by atoms with van der Waals surface area (Å²) in [5.41, 5.74) is 4.20. The molecule has 1 unspecified atom stereocenters. The van der Waals surface area contributed by atoms with Gasteiger partial charge in [-0.1, -0.05) is 41.5 Å². The number of nitrogens with one attached hydrogen (secondary N) is 1. The van der Waals surface area contributed by atoms with Crippen molar-refractivity contribution in [2.24, 2.45) is 0 Å². The number of benzene rings is 1. The molecule has 1 N–H and O–H groups in total. The molecule has 1 amide bonds. The maximum absolute atomic E-state index is 13.2. The van der Waals surface area contributed by atoms with E-state index in [1.165, 1.54) is 19.6 Å². The van der Waals surface area contributed by atoms with Crippen molar-refractivity contribution >= 4 is 35.1 Å². The first kappa shape index (κ1) is 27.0. The lowest BCUT2D eigenvalue weighted by molar-refractivity contribution is -0.136. The van der Waals surface area contributed by atoms with Gasteiger partial charge in [-0.05, 0) is 25.1 Å². The fourth-order valence-corrected chi connectivity index (χ4v) is 4.18. The molecule has 9 nitrogen and oxygen atoms in total. The van der Waals surface area contributed by atoms with Gasteiger partial charge in [0.15, 0.2) is 0 Å². The molecule has 11 heteroatoms. The average Bonchev–Trinajstić information content (AvgIpc) is 3.52. The van der Waals surface area contributed by atoms with Crippen LogP contribution in [0.4, 0.5) is 0 Å². The van der Waals surface area contributed by atoms with Gasteiger partial charge >= 0.3 is 5.97 Å². The molecular formula is C25H26Cl2N4O5. The highest BCUT2D eigenvalue weighted by molar-refractivity contribution is 6.42. The van der Waals surface area contributed by atoms with Crippen LogP contribution in [-0.2, 0) is 27.1 Å². The molecule has 1 aliphatic heterocycles. The Morgan fingerprint density at radius 2 is 2.00 bits per heavy atom. The Balaban J connectivity index is 0.000000840. The van der Waals surface area contributed by atoms with Crippen LogP contribution in [0.2, 0.25) is 10.0 Å². The van der Waals surface area contributed by atoms with E-state index in [2.05, 4.69) is 33.2 Å². The van der Waals surface area contributed by atoms with E-state index in [0.717, 1.165) is 11.3 Å². The minimum Gasteiger partial charge on any atom is -0.505 e. The first-order valence-electron chi connectivity index (χ1n) is 10.9. The average molecular weight is 533 g/mol. The Labute approximate surface area is 218 Å². The molecule has 1 atom stereocenters. The molecule has 4 rings (SSSR count). The number of aromatic nitrogens is 3. The van der Waals surface area contributed by atoms with Crippen molar-refractivity contribution in [3.8, 4) is 11.4 Å². The van der Waals surface area contributed by atoms with E-state index in [1.807, 2.05) is 6.92 Å². The van der Waals surface area contributed by atoms with Gasteiger partial charge in [0, 0.05) is 47.3 Å². The van der Waals surface area contributed by atoms with Crippen molar-refractivity contribution < 1.29 is 23.6 Å². The van der Waals surface area contributed by atoms with Gasteiger partial charge in [-0.15, -0.1) is 0 Å². The zero-order valence-corrected chi connectivity index (χ0v) is 21.7. The molecule has 0 fully saturated rings. The molecular weight excluding hydrogens is 507 g/mol. The van der Waals surface area contributed by atoms with Crippen molar-refractivity contribution in [1.29, 1.82) is 0 Å². The smallest absolute Gasteiger partial charge is 0.333 e. The second-order valence-corrected chi connectivity index (χ2v) is 8.69. The summed E-state index contributed by atoms with van der Waals surface area (Å²) in [4.78, 5) is 26.7. The van der Waals surface area contributed by atoms with E-state index < -0.39 is 5.97 Å². The second kappa shape index (κ2) is 11.9. The lowest BCUT2D eigenvalue weighted by Gasteiger charge is -2.34. The molecule has 0 radical (unpaired) electrons. The monoisotopic (exact) mass is 532 g/mol. The van der Waals surface area contributed by atoms with Crippen LogP contribution in [0.15, 0.2) is 54.0 Å².